The van der Waals surface area contributed by atoms with Crippen LogP contribution in [0.3, 0.4) is 0 Å². The molecule has 3 N–H and O–H groups in total. The maximum Gasteiger partial charge on any atom is 0.236 e. The van der Waals surface area contributed by atoms with Gasteiger partial charge >= 0.3 is 0 Å². The maximum absolute atomic E-state index is 11.3. The van der Waals surface area contributed by atoms with Gasteiger partial charge in [0.05, 0.1) is 18.7 Å². The van der Waals surface area contributed by atoms with Gasteiger partial charge in [-0.3, -0.25) is 4.79 Å². The third kappa shape index (κ3) is 5.19. The van der Waals surface area contributed by atoms with Crippen molar-refractivity contribution in [3.63, 3.8) is 0 Å². The Balaban J connectivity index is 4.02. The molecule has 84 valence electrons. The molecule has 14 heavy (non-hydrogen) atoms. The van der Waals surface area contributed by atoms with Gasteiger partial charge in [-0.25, -0.2) is 0 Å². The van der Waals surface area contributed by atoms with Crippen molar-refractivity contribution in [1.82, 2.24) is 5.32 Å². The van der Waals surface area contributed by atoms with Crippen LogP contribution in [0.4, 0.5) is 0 Å². The van der Waals surface area contributed by atoms with Crippen LogP contribution in [0, 0.1) is 5.92 Å². The number of amides is 1. The van der Waals surface area contributed by atoms with Crippen LogP contribution in [0.15, 0.2) is 0 Å². The quantitative estimate of drug-likeness (QED) is 0.659. The Morgan fingerprint density at radius 3 is 2.36 bits per heavy atom. The highest BCUT2D eigenvalue weighted by Gasteiger charge is 2.17. The van der Waals surface area contributed by atoms with E-state index in [2.05, 4.69) is 5.32 Å². The fraction of sp³-hybridized carbons (Fsp3) is 0.900. The number of hydrogen-bond acceptors (Lipinski definition) is 3. The second-order valence-corrected chi connectivity index (χ2v) is 3.81. The summed E-state index contributed by atoms with van der Waals surface area (Å²) < 4.78 is 5.28. The van der Waals surface area contributed by atoms with E-state index in [4.69, 9.17) is 10.5 Å². The van der Waals surface area contributed by atoms with Crippen molar-refractivity contribution in [1.29, 1.82) is 0 Å². The van der Waals surface area contributed by atoms with Crippen molar-refractivity contribution in [3.05, 3.63) is 0 Å². The first kappa shape index (κ1) is 13.4. The molecule has 1 amide bonds. The summed E-state index contributed by atoms with van der Waals surface area (Å²) in [6.45, 7) is 8.92. The monoisotopic (exact) mass is 202 g/mol. The number of ether oxygens (including phenoxy) is 1. The zero-order chi connectivity index (χ0) is 11.1. The van der Waals surface area contributed by atoms with Crippen LogP contribution < -0.4 is 11.1 Å². The fourth-order valence-corrected chi connectivity index (χ4v) is 0.960. The topological polar surface area (TPSA) is 64.3 Å². The van der Waals surface area contributed by atoms with E-state index in [1.54, 1.807) is 6.92 Å². The number of carbonyl (C=O) groups is 1. The Labute approximate surface area is 86.2 Å². The summed E-state index contributed by atoms with van der Waals surface area (Å²) in [5.41, 5.74) is 5.46. The summed E-state index contributed by atoms with van der Waals surface area (Å²) in [4.78, 5) is 11.3. The number of rotatable bonds is 6. The van der Waals surface area contributed by atoms with Gasteiger partial charge in [-0.1, -0.05) is 13.8 Å². The molecule has 0 aromatic rings. The normalized spacial score (nSPS) is 15.3. The van der Waals surface area contributed by atoms with Gasteiger partial charge in [-0.15, -0.1) is 0 Å². The third-order valence-corrected chi connectivity index (χ3v) is 2.05. The van der Waals surface area contributed by atoms with E-state index < -0.39 is 6.04 Å². The molecule has 0 radical (unpaired) electrons. The van der Waals surface area contributed by atoms with Gasteiger partial charge < -0.3 is 15.8 Å². The second kappa shape index (κ2) is 6.79. The van der Waals surface area contributed by atoms with Crippen molar-refractivity contribution in [2.75, 3.05) is 13.2 Å². The molecule has 0 aliphatic heterocycles. The number of nitrogens with one attached hydrogen (secondary N) is 1. The van der Waals surface area contributed by atoms with Gasteiger partial charge in [0.15, 0.2) is 0 Å². The molecule has 2 atom stereocenters. The number of hydrogen-bond donors (Lipinski definition) is 2. The van der Waals surface area contributed by atoms with Crippen molar-refractivity contribution in [2.24, 2.45) is 11.7 Å². The van der Waals surface area contributed by atoms with Gasteiger partial charge in [-0.05, 0) is 19.8 Å². The lowest BCUT2D eigenvalue weighted by Crippen LogP contribution is -2.48. The van der Waals surface area contributed by atoms with Crippen molar-refractivity contribution < 1.29 is 9.53 Å². The maximum atomic E-state index is 11.3. The molecule has 0 aromatic heterocycles. The Hall–Kier alpha value is -0.610. The van der Waals surface area contributed by atoms with Crippen molar-refractivity contribution in [2.45, 2.75) is 39.8 Å². The van der Waals surface area contributed by atoms with E-state index in [1.807, 2.05) is 20.8 Å². The highest BCUT2D eigenvalue weighted by molar-refractivity contribution is 5.81. The van der Waals surface area contributed by atoms with Crippen LogP contribution in [0.1, 0.15) is 27.7 Å². The van der Waals surface area contributed by atoms with Crippen LogP contribution >= 0.6 is 0 Å². The van der Waals surface area contributed by atoms with E-state index in [-0.39, 0.29) is 11.9 Å². The van der Waals surface area contributed by atoms with Gasteiger partial charge in [0.25, 0.3) is 0 Å². The lowest BCUT2D eigenvalue weighted by atomic mass is 10.1. The second-order valence-electron chi connectivity index (χ2n) is 3.81. The summed E-state index contributed by atoms with van der Waals surface area (Å²) in [5.74, 6) is 0.229. The molecule has 0 spiro atoms. The summed E-state index contributed by atoms with van der Waals surface area (Å²) >= 11 is 0. The van der Waals surface area contributed by atoms with Gasteiger partial charge in [-0.2, -0.15) is 0 Å². The van der Waals surface area contributed by atoms with E-state index in [1.165, 1.54) is 0 Å². The molecule has 0 saturated carbocycles. The lowest BCUT2D eigenvalue weighted by molar-refractivity contribution is -0.123. The molecule has 4 nitrogen and oxygen atoms in total. The summed E-state index contributed by atoms with van der Waals surface area (Å²) in [5, 5.41) is 2.86. The summed E-state index contributed by atoms with van der Waals surface area (Å²) in [6.07, 6.45) is 0. The minimum atomic E-state index is -0.460. The van der Waals surface area contributed by atoms with E-state index in [0.717, 1.165) is 0 Å². The van der Waals surface area contributed by atoms with Crippen LogP contribution in [0.25, 0.3) is 0 Å². The van der Waals surface area contributed by atoms with Crippen LogP contribution in [-0.2, 0) is 9.53 Å². The zero-order valence-electron chi connectivity index (χ0n) is 9.54. The Morgan fingerprint density at radius 2 is 2.00 bits per heavy atom. The average Bonchev–Trinajstić information content (AvgIpc) is 2.10. The molecular weight excluding hydrogens is 180 g/mol. The van der Waals surface area contributed by atoms with Crippen LogP contribution in [0.2, 0.25) is 0 Å². The Morgan fingerprint density at radius 1 is 1.43 bits per heavy atom. The van der Waals surface area contributed by atoms with Crippen LogP contribution in [0.5, 0.6) is 0 Å². The predicted molar refractivity (Wildman–Crippen MR) is 56.9 cm³/mol. The third-order valence-electron chi connectivity index (χ3n) is 2.05. The first-order valence-electron chi connectivity index (χ1n) is 5.12. The minimum absolute atomic E-state index is 0.0495. The molecule has 0 saturated heterocycles. The fourth-order valence-electron chi connectivity index (χ4n) is 0.960. The van der Waals surface area contributed by atoms with Crippen LogP contribution in [-0.4, -0.2) is 31.2 Å². The van der Waals surface area contributed by atoms with Crippen molar-refractivity contribution in [3.8, 4) is 0 Å². The minimum Gasteiger partial charge on any atom is -0.380 e. The molecule has 0 aliphatic carbocycles. The molecule has 2 unspecified atom stereocenters. The molecule has 0 aliphatic rings. The Bertz CT molecular complexity index is 170. The average molecular weight is 202 g/mol. The first-order chi connectivity index (χ1) is 6.49. The van der Waals surface area contributed by atoms with Crippen molar-refractivity contribution >= 4 is 5.91 Å². The SMILES string of the molecule is CCOCC(NC(=O)C(C)N)C(C)C. The zero-order valence-corrected chi connectivity index (χ0v) is 9.54. The number of carbonyl (C=O) groups excluding carboxylic acids is 1. The highest BCUT2D eigenvalue weighted by Crippen LogP contribution is 2.02. The first-order valence-corrected chi connectivity index (χ1v) is 5.12. The smallest absolute Gasteiger partial charge is 0.236 e. The summed E-state index contributed by atoms with van der Waals surface area (Å²) in [7, 11) is 0. The number of nitrogens with two attached hydrogens (primary N) is 1. The molecule has 0 rings (SSSR count). The largest absolute Gasteiger partial charge is 0.380 e. The van der Waals surface area contributed by atoms with E-state index >= 15 is 0 Å². The van der Waals surface area contributed by atoms with Gasteiger partial charge in [0.1, 0.15) is 0 Å². The molecule has 0 aromatic carbocycles. The lowest BCUT2D eigenvalue weighted by Gasteiger charge is -2.23. The van der Waals surface area contributed by atoms with Gasteiger partial charge in [0, 0.05) is 6.61 Å². The molecule has 0 bridgehead atoms. The predicted octanol–water partition coefficient (Wildman–Crippen LogP) is 0.511. The highest BCUT2D eigenvalue weighted by atomic mass is 16.5. The molecular formula is C10H22N2O2. The molecule has 4 heteroatoms. The van der Waals surface area contributed by atoms with E-state index in [9.17, 15) is 4.79 Å². The summed E-state index contributed by atoms with van der Waals surface area (Å²) in [6, 6.07) is -0.411. The standard InChI is InChI=1S/C10H22N2O2/c1-5-14-6-9(7(2)3)12-10(13)8(4)11/h7-9H,5-6,11H2,1-4H3,(H,12,13). The Kier molecular flexibility index (Phi) is 6.49. The van der Waals surface area contributed by atoms with Gasteiger partial charge in [0.2, 0.25) is 5.91 Å². The molecule has 0 heterocycles. The molecule has 0 fully saturated rings. The van der Waals surface area contributed by atoms with E-state index in [0.29, 0.717) is 19.1 Å².